The molecule has 1 saturated carbocycles. The Bertz CT molecular complexity index is 1240. The Labute approximate surface area is 192 Å². The van der Waals surface area contributed by atoms with Crippen molar-refractivity contribution in [1.82, 2.24) is 25.5 Å². The zero-order chi connectivity index (χ0) is 23.6. The van der Waals surface area contributed by atoms with Gasteiger partial charge in [-0.05, 0) is 38.8 Å². The van der Waals surface area contributed by atoms with E-state index in [1.807, 2.05) is 0 Å². The normalized spacial score (nSPS) is 18.9. The van der Waals surface area contributed by atoms with Crippen molar-refractivity contribution in [3.05, 3.63) is 42.5 Å². The summed E-state index contributed by atoms with van der Waals surface area (Å²) < 4.78 is 30.2. The van der Waals surface area contributed by atoms with Gasteiger partial charge in [0.1, 0.15) is 5.69 Å². The Balaban J connectivity index is 1.52. The number of sulfone groups is 1. The van der Waals surface area contributed by atoms with Crippen molar-refractivity contribution < 1.29 is 17.6 Å². The topological polar surface area (TPSA) is 154 Å². The standard InChI is InChI=1S/C22H26N6O4S/c1-13(2)33(30,31)15-9-7-14(8-10-15)18-11-24-12-19(25-18)21-27-28-22(32-21)20(29)26-17-6-4-3-5-16(17)23/h7-13,16-17H,3-6,23H2,1-2H3,(H,26,29). The number of benzene rings is 1. The van der Waals surface area contributed by atoms with Gasteiger partial charge in [0.2, 0.25) is 0 Å². The van der Waals surface area contributed by atoms with Crippen molar-refractivity contribution in [2.45, 2.75) is 61.8 Å². The minimum absolute atomic E-state index is 0.0569. The summed E-state index contributed by atoms with van der Waals surface area (Å²) in [4.78, 5) is 21.4. The number of nitrogens with two attached hydrogens (primary N) is 1. The maximum atomic E-state index is 12.5. The molecular formula is C22H26N6O4S. The van der Waals surface area contributed by atoms with E-state index in [1.165, 1.54) is 6.20 Å². The molecule has 0 spiro atoms. The van der Waals surface area contributed by atoms with E-state index in [2.05, 4.69) is 25.5 Å². The van der Waals surface area contributed by atoms with Crippen LogP contribution in [-0.2, 0) is 9.84 Å². The minimum atomic E-state index is -3.36. The van der Waals surface area contributed by atoms with Gasteiger partial charge in [0, 0.05) is 17.6 Å². The van der Waals surface area contributed by atoms with Gasteiger partial charge in [0.15, 0.2) is 9.84 Å². The highest BCUT2D eigenvalue weighted by atomic mass is 32.2. The molecule has 3 N–H and O–H groups in total. The van der Waals surface area contributed by atoms with Crippen molar-refractivity contribution in [2.75, 3.05) is 0 Å². The van der Waals surface area contributed by atoms with Gasteiger partial charge in [-0.15, -0.1) is 10.2 Å². The Kier molecular flexibility index (Phi) is 6.52. The number of rotatable bonds is 6. The third kappa shape index (κ3) is 4.93. The lowest BCUT2D eigenvalue weighted by molar-refractivity contribution is 0.0886. The number of hydrogen-bond acceptors (Lipinski definition) is 9. The maximum absolute atomic E-state index is 12.5. The molecule has 2 heterocycles. The molecule has 0 saturated heterocycles. The van der Waals surface area contributed by atoms with Crippen LogP contribution in [0.1, 0.15) is 50.2 Å². The summed E-state index contributed by atoms with van der Waals surface area (Å²) in [7, 11) is -3.36. The third-order valence-corrected chi connectivity index (χ3v) is 7.88. The number of aromatic nitrogens is 4. The van der Waals surface area contributed by atoms with Crippen LogP contribution in [0, 0.1) is 0 Å². The molecule has 1 aliphatic rings. The molecule has 174 valence electrons. The lowest BCUT2D eigenvalue weighted by atomic mass is 9.91. The lowest BCUT2D eigenvalue weighted by Crippen LogP contribution is -2.49. The van der Waals surface area contributed by atoms with Crippen LogP contribution in [0.5, 0.6) is 0 Å². The molecule has 2 atom stereocenters. The van der Waals surface area contributed by atoms with E-state index in [-0.39, 0.29) is 28.8 Å². The van der Waals surface area contributed by atoms with E-state index in [0.29, 0.717) is 17.0 Å². The summed E-state index contributed by atoms with van der Waals surface area (Å²) in [5.41, 5.74) is 7.56. The molecule has 11 heteroatoms. The molecular weight excluding hydrogens is 444 g/mol. The second-order valence-electron chi connectivity index (χ2n) is 8.35. The Morgan fingerprint density at radius 2 is 1.79 bits per heavy atom. The predicted molar refractivity (Wildman–Crippen MR) is 121 cm³/mol. The molecule has 2 aromatic heterocycles. The number of carbonyl (C=O) groups excluding carboxylic acids is 1. The molecule has 0 radical (unpaired) electrons. The van der Waals surface area contributed by atoms with Gasteiger partial charge in [-0.3, -0.25) is 9.78 Å². The van der Waals surface area contributed by atoms with Crippen molar-refractivity contribution in [2.24, 2.45) is 5.73 Å². The smallest absolute Gasteiger partial charge is 0.309 e. The zero-order valence-electron chi connectivity index (χ0n) is 18.4. The number of carbonyl (C=O) groups is 1. The van der Waals surface area contributed by atoms with Crippen molar-refractivity contribution >= 4 is 15.7 Å². The summed E-state index contributed by atoms with van der Waals surface area (Å²) in [5, 5.41) is 10.1. The molecule has 33 heavy (non-hydrogen) atoms. The van der Waals surface area contributed by atoms with Crippen LogP contribution in [0.3, 0.4) is 0 Å². The molecule has 1 aliphatic carbocycles. The van der Waals surface area contributed by atoms with E-state index in [9.17, 15) is 13.2 Å². The average Bonchev–Trinajstić information content (AvgIpc) is 3.31. The summed E-state index contributed by atoms with van der Waals surface area (Å²) in [6.45, 7) is 3.28. The van der Waals surface area contributed by atoms with Gasteiger partial charge in [0.25, 0.3) is 5.89 Å². The van der Waals surface area contributed by atoms with E-state index in [4.69, 9.17) is 10.2 Å². The van der Waals surface area contributed by atoms with E-state index in [1.54, 1.807) is 44.3 Å². The van der Waals surface area contributed by atoms with Crippen LogP contribution in [-0.4, -0.2) is 51.8 Å². The van der Waals surface area contributed by atoms with Crippen LogP contribution < -0.4 is 11.1 Å². The Morgan fingerprint density at radius 3 is 2.48 bits per heavy atom. The zero-order valence-corrected chi connectivity index (χ0v) is 19.2. The van der Waals surface area contributed by atoms with E-state index in [0.717, 1.165) is 25.7 Å². The lowest BCUT2D eigenvalue weighted by Gasteiger charge is -2.28. The van der Waals surface area contributed by atoms with Gasteiger partial charge >= 0.3 is 11.8 Å². The summed E-state index contributed by atoms with van der Waals surface area (Å²) >= 11 is 0. The first kappa shape index (κ1) is 23.0. The fourth-order valence-corrected chi connectivity index (χ4v) is 4.74. The number of nitrogens with zero attached hydrogens (tertiary/aromatic N) is 4. The van der Waals surface area contributed by atoms with Gasteiger partial charge in [-0.25, -0.2) is 13.4 Å². The summed E-state index contributed by atoms with van der Waals surface area (Å²) in [6.07, 6.45) is 6.76. The van der Waals surface area contributed by atoms with Gasteiger partial charge in [-0.2, -0.15) is 0 Å². The molecule has 2 unspecified atom stereocenters. The molecule has 0 bridgehead atoms. The molecule has 1 amide bonds. The van der Waals surface area contributed by atoms with E-state index < -0.39 is 21.0 Å². The van der Waals surface area contributed by atoms with Crippen molar-refractivity contribution in [3.63, 3.8) is 0 Å². The fraction of sp³-hybridized carbons (Fsp3) is 0.409. The molecule has 4 rings (SSSR count). The van der Waals surface area contributed by atoms with E-state index >= 15 is 0 Å². The highest BCUT2D eigenvalue weighted by molar-refractivity contribution is 7.92. The predicted octanol–water partition coefficient (Wildman–Crippen LogP) is 2.38. The van der Waals surface area contributed by atoms with Crippen LogP contribution in [0.15, 0.2) is 46.0 Å². The monoisotopic (exact) mass is 470 g/mol. The molecule has 1 fully saturated rings. The van der Waals surface area contributed by atoms with Crippen LogP contribution in [0.25, 0.3) is 22.8 Å². The first-order chi connectivity index (χ1) is 15.8. The second kappa shape index (κ2) is 9.36. The van der Waals surface area contributed by atoms with Crippen molar-refractivity contribution in [3.8, 4) is 22.8 Å². The largest absolute Gasteiger partial charge is 0.411 e. The molecule has 10 nitrogen and oxygen atoms in total. The van der Waals surface area contributed by atoms with Crippen LogP contribution in [0.4, 0.5) is 0 Å². The average molecular weight is 471 g/mol. The minimum Gasteiger partial charge on any atom is -0.411 e. The van der Waals surface area contributed by atoms with Gasteiger partial charge in [-0.1, -0.05) is 25.0 Å². The fourth-order valence-electron chi connectivity index (χ4n) is 3.68. The molecule has 0 aliphatic heterocycles. The van der Waals surface area contributed by atoms with Gasteiger partial charge < -0.3 is 15.5 Å². The molecule has 1 aromatic carbocycles. The van der Waals surface area contributed by atoms with Gasteiger partial charge in [0.05, 0.1) is 28.2 Å². The summed E-state index contributed by atoms with van der Waals surface area (Å²) in [6, 6.07) is 6.22. The third-order valence-electron chi connectivity index (χ3n) is 5.71. The number of nitrogens with one attached hydrogen (secondary N) is 1. The first-order valence-electron chi connectivity index (χ1n) is 10.8. The quantitative estimate of drug-likeness (QED) is 0.552. The first-order valence-corrected chi connectivity index (χ1v) is 12.4. The highest BCUT2D eigenvalue weighted by Gasteiger charge is 2.26. The SMILES string of the molecule is CC(C)S(=O)(=O)c1ccc(-c2cncc(-c3nnc(C(=O)NC4CCCCC4N)o3)n2)cc1. The Hall–Kier alpha value is -3.18. The maximum Gasteiger partial charge on any atom is 0.309 e. The number of hydrogen-bond donors (Lipinski definition) is 2. The van der Waals surface area contributed by atoms with Crippen LogP contribution >= 0.6 is 0 Å². The Morgan fingerprint density at radius 1 is 1.09 bits per heavy atom. The van der Waals surface area contributed by atoms with Crippen molar-refractivity contribution in [1.29, 1.82) is 0 Å². The van der Waals surface area contributed by atoms with Crippen LogP contribution in [0.2, 0.25) is 0 Å². The summed E-state index contributed by atoms with van der Waals surface area (Å²) in [5.74, 6) is -0.582. The molecule has 3 aromatic rings. The number of amides is 1. The highest BCUT2D eigenvalue weighted by Crippen LogP contribution is 2.24. The second-order valence-corrected chi connectivity index (χ2v) is 10.9.